The van der Waals surface area contributed by atoms with Crippen LogP contribution in [-0.4, -0.2) is 24.9 Å². The van der Waals surface area contributed by atoms with E-state index in [4.69, 9.17) is 0 Å². The Bertz CT molecular complexity index is 192. The van der Waals surface area contributed by atoms with Gasteiger partial charge in [0, 0.05) is 6.42 Å². The van der Waals surface area contributed by atoms with Crippen molar-refractivity contribution in [2.45, 2.75) is 32.6 Å². The number of carbonyl (C=O) groups excluding carboxylic acids is 1. The normalized spacial score (nSPS) is 12.3. The second-order valence-electron chi connectivity index (χ2n) is 3.32. The van der Waals surface area contributed by atoms with Crippen LogP contribution in [0.15, 0.2) is 0 Å². The Labute approximate surface area is 79.2 Å². The quantitative estimate of drug-likeness (QED) is 0.521. The van der Waals surface area contributed by atoms with Crippen molar-refractivity contribution in [3.8, 4) is 0 Å². The average Bonchev–Trinajstić information content (AvgIpc) is 1.99. The predicted octanol–water partition coefficient (Wildman–Crippen LogP) is 2.48. The first-order valence-electron chi connectivity index (χ1n) is 4.07. The van der Waals surface area contributed by atoms with E-state index in [-0.39, 0.29) is 12.3 Å². The summed E-state index contributed by atoms with van der Waals surface area (Å²) in [4.78, 5) is 10.7. The summed E-state index contributed by atoms with van der Waals surface area (Å²) in [5.74, 6) is -5.20. The maximum absolute atomic E-state index is 12.2. The molecule has 84 valence electrons. The monoisotopic (exact) mass is 216 g/mol. The fraction of sp³-hybridized carbons (Fsp3) is 0.875. The van der Waals surface area contributed by atoms with E-state index in [1.165, 1.54) is 0 Å². The maximum Gasteiger partial charge on any atom is 0.340 e. The Hall–Kier alpha value is -0.810. The molecule has 14 heavy (non-hydrogen) atoms. The number of rotatable bonds is 5. The molecule has 6 heteroatoms. The lowest BCUT2D eigenvalue weighted by atomic mass is 10.1. The van der Waals surface area contributed by atoms with Crippen LogP contribution < -0.4 is 0 Å². The van der Waals surface area contributed by atoms with E-state index in [1.54, 1.807) is 13.8 Å². The number of hydrogen-bond donors (Lipinski definition) is 0. The molecule has 0 radical (unpaired) electrons. The van der Waals surface area contributed by atoms with Gasteiger partial charge in [0.1, 0.15) is 0 Å². The number of alkyl halides is 4. The molecule has 0 aromatic rings. The van der Waals surface area contributed by atoms with Crippen LogP contribution in [0.4, 0.5) is 17.6 Å². The van der Waals surface area contributed by atoms with Gasteiger partial charge in [-0.2, -0.15) is 8.78 Å². The molecule has 0 aromatic heterocycles. The van der Waals surface area contributed by atoms with Crippen LogP contribution in [-0.2, 0) is 9.53 Å². The van der Waals surface area contributed by atoms with Gasteiger partial charge < -0.3 is 4.74 Å². The van der Waals surface area contributed by atoms with Gasteiger partial charge >= 0.3 is 18.3 Å². The van der Waals surface area contributed by atoms with Crippen LogP contribution in [0.1, 0.15) is 20.3 Å². The molecule has 0 amide bonds. The van der Waals surface area contributed by atoms with Crippen LogP contribution in [0.3, 0.4) is 0 Å². The van der Waals surface area contributed by atoms with Gasteiger partial charge in [0.2, 0.25) is 0 Å². The van der Waals surface area contributed by atoms with Crippen molar-refractivity contribution in [3.63, 3.8) is 0 Å². The first-order chi connectivity index (χ1) is 6.25. The Kier molecular flexibility index (Phi) is 4.87. The summed E-state index contributed by atoms with van der Waals surface area (Å²) < 4.78 is 51.6. The van der Waals surface area contributed by atoms with Crippen molar-refractivity contribution in [2.75, 3.05) is 6.61 Å². The molecule has 0 fully saturated rings. The van der Waals surface area contributed by atoms with E-state index >= 15 is 0 Å². The summed E-state index contributed by atoms with van der Waals surface area (Å²) >= 11 is 0. The number of esters is 1. The van der Waals surface area contributed by atoms with Crippen molar-refractivity contribution < 1.29 is 27.1 Å². The van der Waals surface area contributed by atoms with Gasteiger partial charge in [0.15, 0.2) is 6.61 Å². The van der Waals surface area contributed by atoms with Crippen molar-refractivity contribution in [1.29, 1.82) is 0 Å². The smallest absolute Gasteiger partial charge is 0.340 e. The highest BCUT2D eigenvalue weighted by Gasteiger charge is 2.42. The maximum atomic E-state index is 12.2. The molecule has 0 N–H and O–H groups in total. The number of hydrogen-bond acceptors (Lipinski definition) is 2. The minimum atomic E-state index is -4.26. The summed E-state index contributed by atoms with van der Waals surface area (Å²) in [5, 5.41) is 0. The summed E-state index contributed by atoms with van der Waals surface area (Å²) in [6.07, 6.45) is -3.87. The van der Waals surface area contributed by atoms with Crippen molar-refractivity contribution in [2.24, 2.45) is 5.92 Å². The lowest BCUT2D eigenvalue weighted by Gasteiger charge is -2.15. The first-order valence-corrected chi connectivity index (χ1v) is 4.07. The topological polar surface area (TPSA) is 26.3 Å². The molecule has 0 heterocycles. The Morgan fingerprint density at radius 2 is 1.86 bits per heavy atom. The third kappa shape index (κ3) is 5.04. The van der Waals surface area contributed by atoms with Crippen LogP contribution >= 0.6 is 0 Å². The van der Waals surface area contributed by atoms with E-state index in [1.807, 2.05) is 0 Å². The molecule has 0 saturated heterocycles. The Morgan fingerprint density at radius 3 is 2.21 bits per heavy atom. The van der Waals surface area contributed by atoms with Gasteiger partial charge in [-0.1, -0.05) is 13.8 Å². The zero-order valence-electron chi connectivity index (χ0n) is 7.90. The third-order valence-electron chi connectivity index (χ3n) is 1.32. The van der Waals surface area contributed by atoms with Gasteiger partial charge in [-0.05, 0) is 5.92 Å². The highest BCUT2D eigenvalue weighted by atomic mass is 19.3. The zero-order valence-corrected chi connectivity index (χ0v) is 7.90. The Morgan fingerprint density at radius 1 is 1.36 bits per heavy atom. The summed E-state index contributed by atoms with van der Waals surface area (Å²) in [5.41, 5.74) is 0. The SMILES string of the molecule is CC(C)CC(=O)OCC(F)(F)C(F)F. The molecular formula is C8H12F4O2. The second kappa shape index (κ2) is 5.17. The molecule has 0 unspecified atom stereocenters. The van der Waals surface area contributed by atoms with E-state index < -0.39 is 24.9 Å². The van der Waals surface area contributed by atoms with Gasteiger partial charge in [0.25, 0.3) is 0 Å². The average molecular weight is 216 g/mol. The molecule has 2 nitrogen and oxygen atoms in total. The fourth-order valence-electron chi connectivity index (χ4n) is 0.632. The molecule has 0 atom stereocenters. The molecule has 0 spiro atoms. The molecule has 0 aliphatic rings. The summed E-state index contributed by atoms with van der Waals surface area (Å²) in [6, 6.07) is 0. The minimum absolute atomic E-state index is 0.0531. The zero-order chi connectivity index (χ0) is 11.4. The molecule has 0 rings (SSSR count). The molecule has 0 aliphatic carbocycles. The van der Waals surface area contributed by atoms with Crippen molar-refractivity contribution in [1.82, 2.24) is 0 Å². The molecule has 0 saturated carbocycles. The third-order valence-corrected chi connectivity index (χ3v) is 1.32. The minimum Gasteiger partial charge on any atom is -0.459 e. The second-order valence-corrected chi connectivity index (χ2v) is 3.32. The van der Waals surface area contributed by atoms with Gasteiger partial charge in [-0.15, -0.1) is 0 Å². The van der Waals surface area contributed by atoms with E-state index in [2.05, 4.69) is 4.74 Å². The van der Waals surface area contributed by atoms with Crippen LogP contribution in [0, 0.1) is 5.92 Å². The molecule has 0 aliphatic heterocycles. The summed E-state index contributed by atoms with van der Waals surface area (Å²) in [7, 11) is 0. The highest BCUT2D eigenvalue weighted by Crippen LogP contribution is 2.23. The molecule has 0 bridgehead atoms. The number of carbonyl (C=O) groups is 1. The standard InChI is InChI=1S/C8H12F4O2/c1-5(2)3-6(13)14-4-8(11,12)7(9)10/h5,7H,3-4H2,1-2H3. The van der Waals surface area contributed by atoms with E-state index in [0.29, 0.717) is 0 Å². The lowest BCUT2D eigenvalue weighted by molar-refractivity contribution is -0.180. The van der Waals surface area contributed by atoms with Crippen LogP contribution in [0.5, 0.6) is 0 Å². The number of ether oxygens (including phenoxy) is 1. The van der Waals surface area contributed by atoms with Crippen LogP contribution in [0.25, 0.3) is 0 Å². The van der Waals surface area contributed by atoms with Gasteiger partial charge in [-0.25, -0.2) is 8.78 Å². The fourth-order valence-corrected chi connectivity index (χ4v) is 0.632. The largest absolute Gasteiger partial charge is 0.459 e. The van der Waals surface area contributed by atoms with Gasteiger partial charge in [0.05, 0.1) is 0 Å². The Balaban J connectivity index is 3.88. The van der Waals surface area contributed by atoms with Crippen molar-refractivity contribution >= 4 is 5.97 Å². The van der Waals surface area contributed by atoms with E-state index in [0.717, 1.165) is 0 Å². The van der Waals surface area contributed by atoms with Crippen LogP contribution in [0.2, 0.25) is 0 Å². The lowest BCUT2D eigenvalue weighted by Crippen LogP contribution is -2.33. The highest BCUT2D eigenvalue weighted by molar-refractivity contribution is 5.69. The molecular weight excluding hydrogens is 204 g/mol. The summed E-state index contributed by atoms with van der Waals surface area (Å²) in [6.45, 7) is 1.81. The predicted molar refractivity (Wildman–Crippen MR) is 41.4 cm³/mol. The van der Waals surface area contributed by atoms with E-state index in [9.17, 15) is 22.4 Å². The van der Waals surface area contributed by atoms with Gasteiger partial charge in [-0.3, -0.25) is 4.79 Å². The first kappa shape index (κ1) is 13.2. The molecule has 0 aromatic carbocycles. The van der Waals surface area contributed by atoms with Crippen molar-refractivity contribution in [3.05, 3.63) is 0 Å². The number of halogens is 4.